The first-order valence-electron chi connectivity index (χ1n) is 13.2. The molecule has 2 rings (SSSR count). The lowest BCUT2D eigenvalue weighted by Crippen LogP contribution is -2.52. The van der Waals surface area contributed by atoms with Gasteiger partial charge in [0, 0.05) is 20.0 Å². The number of carbonyl (C=O) groups excluding carboxylic acids is 3. The molecule has 2 aromatic carbocycles. The molecule has 0 saturated carbocycles. The number of alkyl carbamates (subject to hydrolysis) is 1. The number of aliphatic hydroxyl groups is 1. The summed E-state index contributed by atoms with van der Waals surface area (Å²) < 4.78 is 38.7. The number of nitrogens with one attached hydrogen (secondary N) is 2. The van der Waals surface area contributed by atoms with Crippen LogP contribution in [0.1, 0.15) is 32.8 Å². The van der Waals surface area contributed by atoms with Crippen LogP contribution in [0.15, 0.2) is 59.5 Å². The van der Waals surface area contributed by atoms with Gasteiger partial charge in [-0.15, -0.1) is 0 Å². The molecule has 0 spiro atoms. The van der Waals surface area contributed by atoms with Crippen LogP contribution in [0, 0.1) is 5.92 Å². The van der Waals surface area contributed by atoms with Crippen molar-refractivity contribution in [2.75, 3.05) is 26.8 Å². The zero-order valence-electron chi connectivity index (χ0n) is 23.8. The second-order valence-electron chi connectivity index (χ2n) is 9.77. The third kappa shape index (κ3) is 10.7. The van der Waals surface area contributed by atoms with E-state index in [4.69, 9.17) is 15.2 Å². The summed E-state index contributed by atoms with van der Waals surface area (Å²) in [6.45, 7) is 4.33. The monoisotopic (exact) mass is 592 g/mol. The predicted molar refractivity (Wildman–Crippen MR) is 152 cm³/mol. The Morgan fingerprint density at radius 2 is 1.66 bits per heavy atom. The Kier molecular flexibility index (Phi) is 13.0. The highest BCUT2D eigenvalue weighted by molar-refractivity contribution is 7.89. The Balaban J connectivity index is 2.29. The van der Waals surface area contributed by atoms with Crippen molar-refractivity contribution in [3.05, 3.63) is 60.2 Å². The number of nitrogens with zero attached hydrogens (tertiary/aromatic N) is 1. The minimum absolute atomic E-state index is 0.0137. The van der Waals surface area contributed by atoms with E-state index in [1.54, 1.807) is 36.4 Å². The number of sulfonamides is 1. The molecule has 0 fully saturated rings. The van der Waals surface area contributed by atoms with Gasteiger partial charge in [0.15, 0.2) is 0 Å². The number of hydrogen-bond acceptors (Lipinski definition) is 8. The minimum Gasteiger partial charge on any atom is -0.497 e. The van der Waals surface area contributed by atoms with E-state index in [-0.39, 0.29) is 30.3 Å². The van der Waals surface area contributed by atoms with Crippen molar-refractivity contribution in [3.8, 4) is 5.75 Å². The molecule has 13 heteroatoms. The second kappa shape index (κ2) is 15.9. The Hall–Kier alpha value is -3.68. The summed E-state index contributed by atoms with van der Waals surface area (Å²) in [6, 6.07) is 12.8. The molecule has 41 heavy (non-hydrogen) atoms. The van der Waals surface area contributed by atoms with Crippen LogP contribution in [0.5, 0.6) is 5.75 Å². The van der Waals surface area contributed by atoms with E-state index in [2.05, 4.69) is 10.6 Å². The molecule has 226 valence electrons. The van der Waals surface area contributed by atoms with Crippen LogP contribution in [0.2, 0.25) is 0 Å². The zero-order valence-corrected chi connectivity index (χ0v) is 24.6. The summed E-state index contributed by atoms with van der Waals surface area (Å²) in [6.07, 6.45) is -1.46. The summed E-state index contributed by atoms with van der Waals surface area (Å²) in [5.74, 6) is -0.937. The number of primary amides is 1. The molecule has 12 nitrogen and oxygen atoms in total. The highest BCUT2D eigenvalue weighted by Crippen LogP contribution is 2.22. The van der Waals surface area contributed by atoms with Gasteiger partial charge in [0.05, 0.1) is 24.2 Å². The maximum Gasteiger partial charge on any atom is 0.407 e. The molecule has 0 unspecified atom stereocenters. The first-order valence-corrected chi connectivity index (χ1v) is 14.7. The van der Waals surface area contributed by atoms with Gasteiger partial charge in [-0.2, -0.15) is 4.31 Å². The van der Waals surface area contributed by atoms with E-state index >= 15 is 0 Å². The van der Waals surface area contributed by atoms with Crippen LogP contribution in [0.3, 0.4) is 0 Å². The van der Waals surface area contributed by atoms with E-state index in [9.17, 15) is 27.9 Å². The van der Waals surface area contributed by atoms with E-state index in [1.165, 1.54) is 30.5 Å². The van der Waals surface area contributed by atoms with Crippen molar-refractivity contribution in [1.29, 1.82) is 0 Å². The molecule has 0 aliphatic carbocycles. The smallest absolute Gasteiger partial charge is 0.407 e. The van der Waals surface area contributed by atoms with Gasteiger partial charge < -0.3 is 30.9 Å². The Morgan fingerprint density at radius 3 is 2.20 bits per heavy atom. The van der Waals surface area contributed by atoms with Crippen molar-refractivity contribution < 1.29 is 37.4 Å². The molecule has 0 aromatic heterocycles. The molecule has 0 aliphatic heterocycles. The predicted octanol–water partition coefficient (Wildman–Crippen LogP) is 1.42. The number of amides is 3. The molecule has 3 amide bonds. The quantitative estimate of drug-likeness (QED) is 0.226. The first kappa shape index (κ1) is 33.5. The number of benzene rings is 2. The number of methoxy groups -OCH3 is 1. The number of ether oxygens (including phenoxy) is 2. The average Bonchev–Trinajstić information content (AvgIpc) is 2.94. The molecule has 5 N–H and O–H groups in total. The van der Waals surface area contributed by atoms with Gasteiger partial charge in [-0.1, -0.05) is 50.6 Å². The highest BCUT2D eigenvalue weighted by atomic mass is 32.2. The van der Waals surface area contributed by atoms with Gasteiger partial charge in [0.1, 0.15) is 18.4 Å². The Labute approximate surface area is 241 Å². The number of carbonyl (C=O) groups is 3. The number of hydrogen-bond donors (Lipinski definition) is 4. The van der Waals surface area contributed by atoms with Gasteiger partial charge in [0.2, 0.25) is 21.8 Å². The van der Waals surface area contributed by atoms with Gasteiger partial charge in [-0.25, -0.2) is 13.2 Å². The van der Waals surface area contributed by atoms with Crippen LogP contribution in [0.4, 0.5) is 4.79 Å². The van der Waals surface area contributed by atoms with Crippen molar-refractivity contribution in [1.82, 2.24) is 14.9 Å². The standard InChI is InChI=1S/C28H40N4O8S/c1-5-19(2)16-32(41(37,38)23-13-11-22(39-4)12-14-23)17-26(34)24(15-21-9-7-6-8-10-21)31-28(36)40-18-25(27(29)35)30-20(3)33/h6-14,19,24-26,34H,5,15-18H2,1-4H3,(H2,29,35)(H,30,33)(H,31,36)/t19-,24-,25+,26+/m0/s1. The lowest BCUT2D eigenvalue weighted by atomic mass is 10.0. The molecule has 0 aliphatic rings. The van der Waals surface area contributed by atoms with Crippen molar-refractivity contribution >= 4 is 27.9 Å². The van der Waals surface area contributed by atoms with Gasteiger partial charge >= 0.3 is 6.09 Å². The van der Waals surface area contributed by atoms with E-state index in [1.807, 2.05) is 19.9 Å². The normalized spacial score (nSPS) is 14.4. The average molecular weight is 593 g/mol. The largest absolute Gasteiger partial charge is 0.497 e. The maximum atomic E-state index is 13.6. The molecule has 0 heterocycles. The summed E-state index contributed by atoms with van der Waals surface area (Å²) in [7, 11) is -2.54. The third-order valence-electron chi connectivity index (χ3n) is 6.47. The Bertz CT molecular complexity index is 1240. The molecule has 2 aromatic rings. The Morgan fingerprint density at radius 1 is 1.02 bits per heavy atom. The van der Waals surface area contributed by atoms with Crippen molar-refractivity contribution in [2.45, 2.75) is 56.7 Å². The molecule has 0 bridgehead atoms. The summed E-state index contributed by atoms with van der Waals surface area (Å²) in [5.41, 5.74) is 6.03. The SMILES string of the molecule is CC[C@H](C)CN(C[C@@H](O)[C@H](Cc1ccccc1)NC(=O)OC[C@@H](NC(C)=O)C(N)=O)S(=O)(=O)c1ccc(OC)cc1. The topological polar surface area (TPSA) is 177 Å². The fourth-order valence-corrected chi connectivity index (χ4v) is 5.50. The third-order valence-corrected chi connectivity index (χ3v) is 8.31. The molecular formula is C28H40N4O8S. The van der Waals surface area contributed by atoms with E-state index < -0.39 is 52.7 Å². The van der Waals surface area contributed by atoms with Crippen molar-refractivity contribution in [2.24, 2.45) is 11.7 Å². The molecule has 4 atom stereocenters. The highest BCUT2D eigenvalue weighted by Gasteiger charge is 2.32. The van der Waals surface area contributed by atoms with Crippen LogP contribution in [-0.4, -0.2) is 80.7 Å². The molecule has 0 radical (unpaired) electrons. The fourth-order valence-electron chi connectivity index (χ4n) is 3.92. The number of rotatable bonds is 16. The zero-order chi connectivity index (χ0) is 30.6. The summed E-state index contributed by atoms with van der Waals surface area (Å²) >= 11 is 0. The van der Waals surface area contributed by atoms with Gasteiger partial charge in [-0.3, -0.25) is 9.59 Å². The van der Waals surface area contributed by atoms with E-state index in [0.29, 0.717) is 12.2 Å². The van der Waals surface area contributed by atoms with Crippen LogP contribution in [0.25, 0.3) is 0 Å². The number of aliphatic hydroxyl groups excluding tert-OH is 1. The maximum absolute atomic E-state index is 13.6. The van der Waals surface area contributed by atoms with Crippen LogP contribution < -0.4 is 21.1 Å². The molecular weight excluding hydrogens is 552 g/mol. The van der Waals surface area contributed by atoms with Gasteiger partial charge in [0.25, 0.3) is 0 Å². The summed E-state index contributed by atoms with van der Waals surface area (Å²) in [4.78, 5) is 35.6. The van der Waals surface area contributed by atoms with Crippen LogP contribution >= 0.6 is 0 Å². The number of nitrogens with two attached hydrogens (primary N) is 1. The first-order chi connectivity index (χ1) is 19.4. The minimum atomic E-state index is -4.02. The van der Waals surface area contributed by atoms with Gasteiger partial charge in [-0.05, 0) is 42.2 Å². The molecule has 0 saturated heterocycles. The van der Waals surface area contributed by atoms with E-state index in [0.717, 1.165) is 5.56 Å². The summed E-state index contributed by atoms with van der Waals surface area (Å²) in [5, 5.41) is 16.2. The second-order valence-corrected chi connectivity index (χ2v) is 11.7. The van der Waals surface area contributed by atoms with Crippen LogP contribution in [-0.2, 0) is 30.8 Å². The van der Waals surface area contributed by atoms with Crippen molar-refractivity contribution in [3.63, 3.8) is 0 Å². The lowest BCUT2D eigenvalue weighted by Gasteiger charge is -2.31. The fraction of sp³-hybridized carbons (Fsp3) is 0.464. The lowest BCUT2D eigenvalue weighted by molar-refractivity contribution is -0.127.